The number of Topliss-reactive ketones (excluding diaryl/α,β-unsaturated/α-hetero) is 1. The lowest BCUT2D eigenvalue weighted by Gasteiger charge is -2.26. The molecule has 1 fully saturated rings. The van der Waals surface area contributed by atoms with Crippen molar-refractivity contribution in [1.82, 2.24) is 9.88 Å². The number of rotatable bonds is 8. The summed E-state index contributed by atoms with van der Waals surface area (Å²) in [4.78, 5) is 31.8. The van der Waals surface area contributed by atoms with Crippen molar-refractivity contribution in [2.75, 3.05) is 13.7 Å². The standard InChI is InChI=1S/C27H23ClN2O5/c1-3-14-35-21-9-6-19(15-22(21)34-2)24-23(25(31)18-4-7-20(28)8-5-18)26(32)27(33)30(24)16-17-10-12-29-13-11-17/h3-13,15,24,31H,1,14,16H2,2H3/b25-23+. The number of nitrogens with zero attached hydrogens (tertiary/aromatic N) is 2. The van der Waals surface area contributed by atoms with E-state index in [1.165, 1.54) is 12.0 Å². The summed E-state index contributed by atoms with van der Waals surface area (Å²) in [6.45, 7) is 4.08. The fourth-order valence-electron chi connectivity index (χ4n) is 3.96. The molecule has 1 aliphatic heterocycles. The Labute approximate surface area is 207 Å². The molecule has 0 bridgehead atoms. The van der Waals surface area contributed by atoms with Crippen LogP contribution >= 0.6 is 11.6 Å². The number of carbonyl (C=O) groups is 2. The summed E-state index contributed by atoms with van der Waals surface area (Å²) in [6, 6.07) is 14.2. The molecule has 3 aromatic rings. The SMILES string of the molecule is C=CCOc1ccc(C2/C(=C(\O)c3ccc(Cl)cc3)C(=O)C(=O)N2Cc2ccncc2)cc1OC. The van der Waals surface area contributed by atoms with Crippen molar-refractivity contribution in [2.24, 2.45) is 0 Å². The Balaban J connectivity index is 1.86. The first kappa shape index (κ1) is 24.0. The average molecular weight is 491 g/mol. The lowest BCUT2D eigenvalue weighted by molar-refractivity contribution is -0.140. The number of hydrogen-bond acceptors (Lipinski definition) is 6. The highest BCUT2D eigenvalue weighted by Crippen LogP contribution is 2.42. The van der Waals surface area contributed by atoms with Gasteiger partial charge in [-0.2, -0.15) is 0 Å². The lowest BCUT2D eigenvalue weighted by Crippen LogP contribution is -2.29. The average Bonchev–Trinajstić information content (AvgIpc) is 3.13. The van der Waals surface area contributed by atoms with Gasteiger partial charge < -0.3 is 19.5 Å². The number of amides is 1. The Bertz CT molecular complexity index is 1290. The Hall–Kier alpha value is -4.10. The van der Waals surface area contributed by atoms with E-state index in [1.807, 2.05) is 0 Å². The van der Waals surface area contributed by atoms with Crippen molar-refractivity contribution in [1.29, 1.82) is 0 Å². The van der Waals surface area contributed by atoms with Crippen LogP contribution in [-0.4, -0.2) is 40.4 Å². The van der Waals surface area contributed by atoms with Gasteiger partial charge in [0.2, 0.25) is 0 Å². The predicted octanol–water partition coefficient (Wildman–Crippen LogP) is 4.93. The molecule has 1 saturated heterocycles. The number of aliphatic hydroxyl groups is 1. The molecule has 2 aromatic carbocycles. The van der Waals surface area contributed by atoms with Gasteiger partial charge in [0.15, 0.2) is 11.5 Å². The van der Waals surface area contributed by atoms with E-state index in [0.29, 0.717) is 27.6 Å². The molecule has 0 spiro atoms. The number of benzene rings is 2. The van der Waals surface area contributed by atoms with Gasteiger partial charge in [0.25, 0.3) is 11.7 Å². The van der Waals surface area contributed by atoms with E-state index in [0.717, 1.165) is 5.56 Å². The molecule has 1 amide bonds. The molecule has 0 saturated carbocycles. The third-order valence-electron chi connectivity index (χ3n) is 5.62. The largest absolute Gasteiger partial charge is 0.507 e. The van der Waals surface area contributed by atoms with Crippen molar-refractivity contribution in [2.45, 2.75) is 12.6 Å². The number of aliphatic hydroxyl groups excluding tert-OH is 1. The molecule has 1 aliphatic rings. The third kappa shape index (κ3) is 4.90. The maximum absolute atomic E-state index is 13.2. The molecule has 1 N–H and O–H groups in total. The van der Waals surface area contributed by atoms with Gasteiger partial charge in [0.05, 0.1) is 18.7 Å². The summed E-state index contributed by atoms with van der Waals surface area (Å²) < 4.78 is 11.1. The molecule has 1 unspecified atom stereocenters. The van der Waals surface area contributed by atoms with Gasteiger partial charge in [-0.3, -0.25) is 14.6 Å². The van der Waals surface area contributed by atoms with Crippen LogP contribution < -0.4 is 9.47 Å². The van der Waals surface area contributed by atoms with Crippen LogP contribution in [0.1, 0.15) is 22.7 Å². The molecule has 1 aromatic heterocycles. The van der Waals surface area contributed by atoms with Crippen molar-refractivity contribution in [3.63, 3.8) is 0 Å². The molecular weight excluding hydrogens is 468 g/mol. The minimum absolute atomic E-state index is 0.0202. The van der Waals surface area contributed by atoms with Gasteiger partial charge >= 0.3 is 0 Å². The molecule has 0 aliphatic carbocycles. The number of likely N-dealkylation sites (tertiary alicyclic amines) is 1. The van der Waals surface area contributed by atoms with Crippen LogP contribution in [0, 0.1) is 0 Å². The van der Waals surface area contributed by atoms with Crippen molar-refractivity contribution >= 4 is 29.1 Å². The number of pyridine rings is 1. The fraction of sp³-hybridized carbons (Fsp3) is 0.148. The molecule has 35 heavy (non-hydrogen) atoms. The number of ketones is 1. The highest BCUT2D eigenvalue weighted by molar-refractivity contribution is 6.46. The van der Waals surface area contributed by atoms with Gasteiger partial charge in [0.1, 0.15) is 12.4 Å². The lowest BCUT2D eigenvalue weighted by atomic mass is 9.95. The highest BCUT2D eigenvalue weighted by atomic mass is 35.5. The van der Waals surface area contributed by atoms with Crippen LogP contribution in [-0.2, 0) is 16.1 Å². The first-order chi connectivity index (χ1) is 16.9. The normalized spacial score (nSPS) is 16.9. The number of ether oxygens (including phenoxy) is 2. The molecule has 0 radical (unpaired) electrons. The molecule has 178 valence electrons. The molecule has 8 heteroatoms. The summed E-state index contributed by atoms with van der Waals surface area (Å²) in [5.74, 6) is -0.866. The van der Waals surface area contributed by atoms with E-state index in [1.54, 1.807) is 73.1 Å². The zero-order valence-corrected chi connectivity index (χ0v) is 19.7. The van der Waals surface area contributed by atoms with E-state index in [2.05, 4.69) is 11.6 Å². The van der Waals surface area contributed by atoms with Crippen molar-refractivity contribution in [3.8, 4) is 11.5 Å². The van der Waals surface area contributed by atoms with Gasteiger partial charge in [-0.15, -0.1) is 0 Å². The molecule has 1 atom stereocenters. The number of methoxy groups -OCH3 is 1. The molecule has 7 nitrogen and oxygen atoms in total. The smallest absolute Gasteiger partial charge is 0.295 e. The Morgan fingerprint density at radius 1 is 1.11 bits per heavy atom. The van der Waals surface area contributed by atoms with Crippen LogP contribution in [0.4, 0.5) is 0 Å². The molecular formula is C27H23ClN2O5. The number of aromatic nitrogens is 1. The van der Waals surface area contributed by atoms with Gasteiger partial charge in [-0.25, -0.2) is 0 Å². The second-order valence-electron chi connectivity index (χ2n) is 7.80. The van der Waals surface area contributed by atoms with Crippen LogP contribution in [0.15, 0.2) is 85.2 Å². The van der Waals surface area contributed by atoms with Crippen molar-refractivity contribution < 1.29 is 24.2 Å². The fourth-order valence-corrected chi connectivity index (χ4v) is 4.09. The minimum atomic E-state index is -0.860. The zero-order chi connectivity index (χ0) is 24.9. The minimum Gasteiger partial charge on any atom is -0.507 e. The van der Waals surface area contributed by atoms with Crippen LogP contribution in [0.5, 0.6) is 11.5 Å². The summed E-state index contributed by atoms with van der Waals surface area (Å²) in [5, 5.41) is 11.7. The number of hydrogen-bond donors (Lipinski definition) is 1. The van der Waals surface area contributed by atoms with Crippen LogP contribution in [0.3, 0.4) is 0 Å². The van der Waals surface area contributed by atoms with E-state index in [-0.39, 0.29) is 24.5 Å². The number of carbonyl (C=O) groups excluding carboxylic acids is 2. The van der Waals surface area contributed by atoms with E-state index in [9.17, 15) is 14.7 Å². The zero-order valence-electron chi connectivity index (χ0n) is 19.0. The van der Waals surface area contributed by atoms with E-state index >= 15 is 0 Å². The van der Waals surface area contributed by atoms with Gasteiger partial charge in [-0.05, 0) is 59.7 Å². The quantitative estimate of drug-likeness (QED) is 0.208. The Morgan fingerprint density at radius 2 is 1.83 bits per heavy atom. The first-order valence-corrected chi connectivity index (χ1v) is 11.2. The Kier molecular flexibility index (Phi) is 7.17. The summed E-state index contributed by atoms with van der Waals surface area (Å²) in [5.41, 5.74) is 1.72. The monoisotopic (exact) mass is 490 g/mol. The second kappa shape index (κ2) is 10.4. The summed E-state index contributed by atoms with van der Waals surface area (Å²) in [7, 11) is 1.50. The molecule has 4 rings (SSSR count). The molecule has 2 heterocycles. The Morgan fingerprint density at radius 3 is 2.49 bits per heavy atom. The summed E-state index contributed by atoms with van der Waals surface area (Å²) >= 11 is 5.99. The van der Waals surface area contributed by atoms with Crippen LogP contribution in [0.2, 0.25) is 5.02 Å². The van der Waals surface area contributed by atoms with E-state index < -0.39 is 17.7 Å². The maximum atomic E-state index is 13.2. The van der Waals surface area contributed by atoms with Gasteiger partial charge in [-0.1, -0.05) is 30.3 Å². The highest BCUT2D eigenvalue weighted by Gasteiger charge is 2.46. The van der Waals surface area contributed by atoms with E-state index in [4.69, 9.17) is 21.1 Å². The topological polar surface area (TPSA) is 89.0 Å². The number of halogens is 1. The second-order valence-corrected chi connectivity index (χ2v) is 8.24. The van der Waals surface area contributed by atoms with Crippen molar-refractivity contribution in [3.05, 3.63) is 107 Å². The third-order valence-corrected chi connectivity index (χ3v) is 5.87. The predicted molar refractivity (Wildman–Crippen MR) is 132 cm³/mol. The maximum Gasteiger partial charge on any atom is 0.295 e. The first-order valence-electron chi connectivity index (χ1n) is 10.8. The van der Waals surface area contributed by atoms with Gasteiger partial charge in [0, 0.05) is 29.5 Å². The van der Waals surface area contributed by atoms with Crippen LogP contribution in [0.25, 0.3) is 5.76 Å². The summed E-state index contributed by atoms with van der Waals surface area (Å²) in [6.07, 6.45) is 4.84.